The Bertz CT molecular complexity index is 617. The lowest BCUT2D eigenvalue weighted by Gasteiger charge is -2.17. The van der Waals surface area contributed by atoms with Gasteiger partial charge in [-0.3, -0.25) is 4.79 Å². The van der Waals surface area contributed by atoms with E-state index in [2.05, 4.69) is 0 Å². The molecule has 1 aromatic carbocycles. The molecule has 0 amide bonds. The van der Waals surface area contributed by atoms with E-state index in [1.54, 1.807) is 0 Å². The second-order valence-electron chi connectivity index (χ2n) is 3.89. The summed E-state index contributed by atoms with van der Waals surface area (Å²) >= 11 is 11.8. The number of benzene rings is 1. The lowest BCUT2D eigenvalue weighted by atomic mass is 10.3. The van der Waals surface area contributed by atoms with Crippen molar-refractivity contribution < 1.29 is 23.1 Å². The van der Waals surface area contributed by atoms with Gasteiger partial charge in [0, 0.05) is 19.7 Å². The minimum Gasteiger partial charge on any atom is -0.495 e. The summed E-state index contributed by atoms with van der Waals surface area (Å²) in [6.07, 6.45) is -0.308. The number of halogens is 2. The number of sulfonamides is 1. The van der Waals surface area contributed by atoms with Crippen LogP contribution in [0.3, 0.4) is 0 Å². The number of carboxylic acid groups (broad SMARTS) is 1. The molecule has 0 saturated heterocycles. The lowest BCUT2D eigenvalue weighted by Crippen LogP contribution is -2.29. The molecule has 1 rings (SSSR count). The van der Waals surface area contributed by atoms with Gasteiger partial charge in [0.15, 0.2) is 0 Å². The number of hydrogen-bond acceptors (Lipinski definition) is 4. The van der Waals surface area contributed by atoms with E-state index in [4.69, 9.17) is 33.0 Å². The van der Waals surface area contributed by atoms with E-state index in [0.29, 0.717) is 0 Å². The van der Waals surface area contributed by atoms with Crippen LogP contribution in [0.4, 0.5) is 0 Å². The molecule has 0 radical (unpaired) electrons. The lowest BCUT2D eigenvalue weighted by molar-refractivity contribution is -0.137. The average Bonchev–Trinajstić information content (AvgIpc) is 2.37. The van der Waals surface area contributed by atoms with Gasteiger partial charge < -0.3 is 9.84 Å². The Labute approximate surface area is 126 Å². The van der Waals surface area contributed by atoms with Gasteiger partial charge in [-0.1, -0.05) is 23.2 Å². The van der Waals surface area contributed by atoms with Crippen LogP contribution in [-0.2, 0) is 14.8 Å². The van der Waals surface area contributed by atoms with Gasteiger partial charge in [0.05, 0.1) is 23.6 Å². The zero-order valence-electron chi connectivity index (χ0n) is 10.8. The highest BCUT2D eigenvalue weighted by Crippen LogP contribution is 2.34. The number of methoxy groups -OCH3 is 1. The summed E-state index contributed by atoms with van der Waals surface area (Å²) in [6, 6.07) is 2.47. The maximum absolute atomic E-state index is 12.3. The van der Waals surface area contributed by atoms with E-state index >= 15 is 0 Å². The zero-order chi connectivity index (χ0) is 15.5. The van der Waals surface area contributed by atoms with Crippen molar-refractivity contribution in [3.63, 3.8) is 0 Å². The molecular formula is C11H13Cl2NO5S. The number of aliphatic carboxylic acids is 1. The van der Waals surface area contributed by atoms with Crippen LogP contribution in [-0.4, -0.2) is 44.5 Å². The second kappa shape index (κ2) is 6.62. The van der Waals surface area contributed by atoms with E-state index in [1.807, 2.05) is 0 Å². The monoisotopic (exact) mass is 341 g/mol. The third-order valence-electron chi connectivity index (χ3n) is 2.54. The highest BCUT2D eigenvalue weighted by molar-refractivity contribution is 7.89. The van der Waals surface area contributed by atoms with Crippen LogP contribution < -0.4 is 4.74 Å². The molecule has 0 aliphatic heterocycles. The molecule has 0 unspecified atom stereocenters. The SMILES string of the molecule is COc1cc(Cl)c(S(=O)(=O)N(C)CCC(=O)O)cc1Cl. The maximum Gasteiger partial charge on any atom is 0.304 e. The zero-order valence-corrected chi connectivity index (χ0v) is 13.1. The van der Waals surface area contributed by atoms with Crippen LogP contribution in [0.15, 0.2) is 17.0 Å². The van der Waals surface area contributed by atoms with Gasteiger partial charge in [-0.25, -0.2) is 12.7 Å². The van der Waals surface area contributed by atoms with Crippen molar-refractivity contribution in [2.45, 2.75) is 11.3 Å². The van der Waals surface area contributed by atoms with Gasteiger partial charge >= 0.3 is 5.97 Å². The van der Waals surface area contributed by atoms with E-state index < -0.39 is 16.0 Å². The molecule has 0 saturated carbocycles. The Hall–Kier alpha value is -1.02. The average molecular weight is 342 g/mol. The molecule has 0 aliphatic rings. The predicted molar refractivity (Wildman–Crippen MR) is 75.1 cm³/mol. The minimum atomic E-state index is -3.91. The molecule has 0 heterocycles. The summed E-state index contributed by atoms with van der Waals surface area (Å²) in [7, 11) is -1.26. The van der Waals surface area contributed by atoms with Crippen LogP contribution in [0.1, 0.15) is 6.42 Å². The summed E-state index contributed by atoms with van der Waals surface area (Å²) in [6.45, 7) is -0.169. The van der Waals surface area contributed by atoms with Gasteiger partial charge in [-0.15, -0.1) is 0 Å². The van der Waals surface area contributed by atoms with Crippen molar-refractivity contribution in [3.8, 4) is 5.75 Å². The highest BCUT2D eigenvalue weighted by Gasteiger charge is 2.25. The fourth-order valence-electron chi connectivity index (χ4n) is 1.41. The van der Waals surface area contributed by atoms with Crippen molar-refractivity contribution in [2.75, 3.05) is 20.7 Å². The normalized spacial score (nSPS) is 11.7. The first-order chi connectivity index (χ1) is 9.20. The molecule has 0 aliphatic carbocycles. The van der Waals surface area contributed by atoms with Crippen LogP contribution in [0.2, 0.25) is 10.0 Å². The van der Waals surface area contributed by atoms with Crippen LogP contribution in [0, 0.1) is 0 Å². The minimum absolute atomic E-state index is 0.0478. The van der Waals surface area contributed by atoms with Crippen LogP contribution >= 0.6 is 23.2 Å². The molecule has 0 bridgehead atoms. The van der Waals surface area contributed by atoms with E-state index in [0.717, 1.165) is 4.31 Å². The van der Waals surface area contributed by atoms with E-state index in [-0.39, 0.29) is 33.7 Å². The van der Waals surface area contributed by atoms with E-state index in [1.165, 1.54) is 26.3 Å². The first-order valence-electron chi connectivity index (χ1n) is 5.41. The standard InChI is InChI=1S/C11H13Cl2NO5S/c1-14(4-3-11(15)16)20(17,18)10-6-7(12)9(19-2)5-8(10)13/h5-6H,3-4H2,1-2H3,(H,15,16). The molecule has 112 valence electrons. The third kappa shape index (κ3) is 3.76. The summed E-state index contributed by atoms with van der Waals surface area (Å²) in [5.74, 6) is -0.838. The fraction of sp³-hybridized carbons (Fsp3) is 0.364. The predicted octanol–water partition coefficient (Wildman–Crippen LogP) is 2.10. The largest absolute Gasteiger partial charge is 0.495 e. The first kappa shape index (κ1) is 17.0. The summed E-state index contributed by atoms with van der Waals surface area (Å²) in [5, 5.41) is 8.63. The van der Waals surface area contributed by atoms with Gasteiger partial charge in [-0.2, -0.15) is 0 Å². The highest BCUT2D eigenvalue weighted by atomic mass is 35.5. The van der Waals surface area contributed by atoms with Crippen molar-refractivity contribution >= 4 is 39.2 Å². The Morgan fingerprint density at radius 1 is 1.35 bits per heavy atom. The molecule has 1 aromatic rings. The Morgan fingerprint density at radius 3 is 2.45 bits per heavy atom. The number of carboxylic acids is 1. The topological polar surface area (TPSA) is 83.9 Å². The number of rotatable bonds is 6. The molecule has 0 fully saturated rings. The number of carbonyl (C=O) groups is 1. The van der Waals surface area contributed by atoms with Crippen molar-refractivity contribution in [3.05, 3.63) is 22.2 Å². The van der Waals surface area contributed by atoms with Crippen LogP contribution in [0.25, 0.3) is 0 Å². The fourth-order valence-corrected chi connectivity index (χ4v) is 3.40. The Morgan fingerprint density at radius 2 is 1.95 bits per heavy atom. The Balaban J connectivity index is 3.15. The molecule has 20 heavy (non-hydrogen) atoms. The molecule has 0 atom stereocenters. The summed E-state index contributed by atoms with van der Waals surface area (Å²) < 4.78 is 30.4. The smallest absolute Gasteiger partial charge is 0.304 e. The molecular weight excluding hydrogens is 329 g/mol. The van der Waals surface area contributed by atoms with Crippen molar-refractivity contribution in [1.29, 1.82) is 0 Å². The Kier molecular flexibility index (Phi) is 5.64. The molecule has 0 spiro atoms. The van der Waals surface area contributed by atoms with Crippen molar-refractivity contribution in [2.24, 2.45) is 0 Å². The number of ether oxygens (including phenoxy) is 1. The first-order valence-corrected chi connectivity index (χ1v) is 7.61. The molecule has 0 aromatic heterocycles. The number of nitrogens with zero attached hydrogens (tertiary/aromatic N) is 1. The maximum atomic E-state index is 12.3. The molecule has 6 nitrogen and oxygen atoms in total. The van der Waals surface area contributed by atoms with E-state index in [9.17, 15) is 13.2 Å². The quantitative estimate of drug-likeness (QED) is 0.856. The van der Waals surface area contributed by atoms with Gasteiger partial charge in [0.25, 0.3) is 0 Å². The molecule has 9 heteroatoms. The second-order valence-corrected chi connectivity index (χ2v) is 6.72. The van der Waals surface area contributed by atoms with Gasteiger partial charge in [0.2, 0.25) is 10.0 Å². The molecule has 1 N–H and O–H groups in total. The van der Waals surface area contributed by atoms with Crippen LogP contribution in [0.5, 0.6) is 5.75 Å². The summed E-state index contributed by atoms with van der Waals surface area (Å²) in [4.78, 5) is 10.3. The van der Waals surface area contributed by atoms with Crippen molar-refractivity contribution in [1.82, 2.24) is 4.31 Å². The number of hydrogen-bond donors (Lipinski definition) is 1. The summed E-state index contributed by atoms with van der Waals surface area (Å²) in [5.41, 5.74) is 0. The third-order valence-corrected chi connectivity index (χ3v) is 5.15. The van der Waals surface area contributed by atoms with Gasteiger partial charge in [0.1, 0.15) is 10.6 Å². The van der Waals surface area contributed by atoms with Gasteiger partial charge in [-0.05, 0) is 6.07 Å².